The summed E-state index contributed by atoms with van der Waals surface area (Å²) in [5.74, 6) is -0.780. The molecule has 34 heavy (non-hydrogen) atoms. The molecule has 0 radical (unpaired) electrons. The van der Waals surface area contributed by atoms with Crippen LogP contribution >= 0.6 is 0 Å². The number of hydrogen-bond acceptors (Lipinski definition) is 7. The summed E-state index contributed by atoms with van der Waals surface area (Å²) < 4.78 is 5.36. The Morgan fingerprint density at radius 3 is 2.03 bits per heavy atom. The number of nitrogens with zero attached hydrogens (tertiary/aromatic N) is 4. The number of carbonyl (C=O) groups excluding carboxylic acids is 2. The van der Waals surface area contributed by atoms with Crippen LogP contribution in [0.15, 0.2) is 89.1 Å². The molecule has 7 heteroatoms. The minimum atomic E-state index is -1.39. The molecule has 174 valence electrons. The molecule has 4 rings (SSSR count). The Morgan fingerprint density at radius 1 is 0.912 bits per heavy atom. The first-order valence-electron chi connectivity index (χ1n) is 11.2. The average molecular weight is 457 g/mol. The lowest BCUT2D eigenvalue weighted by molar-refractivity contribution is -0.148. The van der Waals surface area contributed by atoms with E-state index in [2.05, 4.69) is 10.2 Å². The van der Waals surface area contributed by atoms with Crippen molar-refractivity contribution in [3.63, 3.8) is 0 Å². The quantitative estimate of drug-likeness (QED) is 0.190. The van der Waals surface area contributed by atoms with E-state index in [0.717, 1.165) is 22.6 Å². The second kappa shape index (κ2) is 9.47. The summed E-state index contributed by atoms with van der Waals surface area (Å²) in [6.45, 7) is 3.39. The van der Waals surface area contributed by atoms with Gasteiger partial charge in [-0.1, -0.05) is 30.3 Å². The molecule has 1 saturated heterocycles. The molecule has 7 nitrogen and oxygen atoms in total. The van der Waals surface area contributed by atoms with Gasteiger partial charge in [-0.05, 0) is 67.9 Å². The molecule has 0 aliphatic carbocycles. The maximum atomic E-state index is 13.1. The fourth-order valence-corrected chi connectivity index (χ4v) is 4.24. The van der Waals surface area contributed by atoms with Crippen LogP contribution in [0, 0.1) is 0 Å². The van der Waals surface area contributed by atoms with E-state index in [0.29, 0.717) is 5.69 Å². The van der Waals surface area contributed by atoms with Crippen molar-refractivity contribution in [3.8, 4) is 0 Å². The third kappa shape index (κ3) is 4.17. The summed E-state index contributed by atoms with van der Waals surface area (Å²) in [5.41, 5.74) is 2.70. The van der Waals surface area contributed by atoms with Crippen LogP contribution in [-0.4, -0.2) is 38.0 Å². The van der Waals surface area contributed by atoms with Gasteiger partial charge in [0.2, 0.25) is 5.54 Å². The summed E-state index contributed by atoms with van der Waals surface area (Å²) in [4.78, 5) is 29.9. The van der Waals surface area contributed by atoms with Crippen molar-refractivity contribution >= 4 is 34.5 Å². The molecule has 2 atom stereocenters. The van der Waals surface area contributed by atoms with E-state index in [1.54, 1.807) is 6.92 Å². The Balaban J connectivity index is 1.67. The minimum Gasteiger partial charge on any atom is -0.464 e. The van der Waals surface area contributed by atoms with Crippen LogP contribution in [0.2, 0.25) is 0 Å². The zero-order chi connectivity index (χ0) is 24.3. The van der Waals surface area contributed by atoms with Crippen molar-refractivity contribution in [2.24, 2.45) is 10.2 Å². The number of hydrogen-bond donors (Lipinski definition) is 0. The third-order valence-corrected chi connectivity index (χ3v) is 5.98. The molecular formula is C27H28N4O3. The molecule has 1 aliphatic heterocycles. The largest absolute Gasteiger partial charge is 0.464 e. The normalized spacial score (nSPS) is 19.2. The molecule has 0 amide bonds. The highest BCUT2D eigenvalue weighted by Crippen LogP contribution is 2.57. The lowest BCUT2D eigenvalue weighted by Crippen LogP contribution is -2.39. The highest BCUT2D eigenvalue weighted by atomic mass is 16.5. The van der Waals surface area contributed by atoms with E-state index in [-0.39, 0.29) is 12.4 Å². The zero-order valence-corrected chi connectivity index (χ0v) is 19.8. The van der Waals surface area contributed by atoms with Gasteiger partial charge in [0.1, 0.15) is 0 Å². The average Bonchev–Trinajstić information content (AvgIpc) is 3.56. The molecule has 0 aromatic heterocycles. The molecule has 1 heterocycles. The van der Waals surface area contributed by atoms with Gasteiger partial charge >= 0.3 is 5.97 Å². The van der Waals surface area contributed by atoms with Crippen LogP contribution in [0.1, 0.15) is 25.5 Å². The van der Waals surface area contributed by atoms with Gasteiger partial charge in [0, 0.05) is 25.5 Å². The summed E-state index contributed by atoms with van der Waals surface area (Å²) in [7, 11) is 3.93. The van der Waals surface area contributed by atoms with Crippen molar-refractivity contribution < 1.29 is 14.3 Å². The van der Waals surface area contributed by atoms with Crippen molar-refractivity contribution in [2.45, 2.75) is 25.4 Å². The highest BCUT2D eigenvalue weighted by molar-refractivity contribution is 6.17. The SMILES string of the molecule is CCOC(=O)C1(C(C)=O)C(c2ccc(N(C)C)cc2)N1c1ccc(N=Nc2ccccc2)cc1. The van der Waals surface area contributed by atoms with Crippen LogP contribution in [0.25, 0.3) is 0 Å². The molecule has 0 saturated carbocycles. The van der Waals surface area contributed by atoms with E-state index in [1.807, 2.05) is 103 Å². The molecule has 0 bridgehead atoms. The standard InChI is InChI=1S/C27H28N4O3/c1-5-34-26(33)27(19(2)32)25(20-11-15-23(16-12-20)30(3)4)31(27)24-17-13-22(14-18-24)29-28-21-9-7-6-8-10-21/h6-18,25H,5H2,1-4H3. The van der Waals surface area contributed by atoms with Crippen molar-refractivity contribution in [3.05, 3.63) is 84.4 Å². The number of ketones is 1. The molecule has 0 spiro atoms. The molecule has 3 aromatic rings. The molecular weight excluding hydrogens is 428 g/mol. The van der Waals surface area contributed by atoms with E-state index in [9.17, 15) is 9.59 Å². The number of ether oxygens (including phenoxy) is 1. The Bertz CT molecular complexity index is 1190. The van der Waals surface area contributed by atoms with Crippen LogP contribution in [0.4, 0.5) is 22.7 Å². The van der Waals surface area contributed by atoms with Crippen molar-refractivity contribution in [1.29, 1.82) is 0 Å². The number of anilines is 2. The van der Waals surface area contributed by atoms with E-state index in [1.165, 1.54) is 6.92 Å². The van der Waals surface area contributed by atoms with Gasteiger partial charge in [-0.15, -0.1) is 0 Å². The molecule has 1 fully saturated rings. The maximum Gasteiger partial charge on any atom is 0.342 e. The fraction of sp³-hybridized carbons (Fsp3) is 0.259. The van der Waals surface area contributed by atoms with Gasteiger partial charge in [-0.25, -0.2) is 4.79 Å². The summed E-state index contributed by atoms with van der Waals surface area (Å²) >= 11 is 0. The second-order valence-corrected chi connectivity index (χ2v) is 8.35. The monoisotopic (exact) mass is 456 g/mol. The van der Waals surface area contributed by atoms with Gasteiger partial charge < -0.3 is 14.5 Å². The molecule has 2 unspecified atom stereocenters. The van der Waals surface area contributed by atoms with Gasteiger partial charge in [-0.3, -0.25) is 4.79 Å². The number of benzene rings is 3. The first-order valence-corrected chi connectivity index (χ1v) is 11.2. The van der Waals surface area contributed by atoms with Crippen molar-refractivity contribution in [2.75, 3.05) is 30.5 Å². The Morgan fingerprint density at radius 2 is 1.50 bits per heavy atom. The number of esters is 1. The van der Waals surface area contributed by atoms with E-state index in [4.69, 9.17) is 4.74 Å². The van der Waals surface area contributed by atoms with E-state index >= 15 is 0 Å². The van der Waals surface area contributed by atoms with Gasteiger partial charge in [0.05, 0.1) is 24.0 Å². The summed E-state index contributed by atoms with van der Waals surface area (Å²) in [6.07, 6.45) is 0. The van der Waals surface area contributed by atoms with Crippen molar-refractivity contribution in [1.82, 2.24) is 0 Å². The third-order valence-electron chi connectivity index (χ3n) is 5.98. The predicted octanol–water partition coefficient (Wildman–Crippen LogP) is 5.62. The van der Waals surface area contributed by atoms with Crippen LogP contribution in [-0.2, 0) is 14.3 Å². The number of azo groups is 1. The lowest BCUT2D eigenvalue weighted by Gasteiger charge is -2.14. The smallest absolute Gasteiger partial charge is 0.342 e. The lowest BCUT2D eigenvalue weighted by atomic mass is 9.95. The number of Topliss-reactive ketones (excluding diaryl/α,β-unsaturated/α-hetero) is 1. The maximum absolute atomic E-state index is 13.1. The molecule has 0 N–H and O–H groups in total. The van der Waals surface area contributed by atoms with Crippen LogP contribution in [0.3, 0.4) is 0 Å². The first-order chi connectivity index (χ1) is 16.4. The summed E-state index contributed by atoms with van der Waals surface area (Å²) in [5, 5.41) is 8.52. The first kappa shape index (κ1) is 23.2. The Labute approximate surface area is 199 Å². The van der Waals surface area contributed by atoms with Gasteiger partial charge in [-0.2, -0.15) is 10.2 Å². The summed E-state index contributed by atoms with van der Waals surface area (Å²) in [6, 6.07) is 24.3. The van der Waals surface area contributed by atoms with Crippen LogP contribution < -0.4 is 9.80 Å². The number of carbonyl (C=O) groups is 2. The fourth-order valence-electron chi connectivity index (χ4n) is 4.24. The van der Waals surface area contributed by atoms with Crippen LogP contribution in [0.5, 0.6) is 0 Å². The second-order valence-electron chi connectivity index (χ2n) is 8.35. The van der Waals surface area contributed by atoms with Gasteiger partial charge in [0.25, 0.3) is 0 Å². The topological polar surface area (TPSA) is 74.3 Å². The Hall–Kier alpha value is -4.00. The van der Waals surface area contributed by atoms with Gasteiger partial charge in [0.15, 0.2) is 5.78 Å². The predicted molar refractivity (Wildman–Crippen MR) is 133 cm³/mol. The molecule has 3 aromatic carbocycles. The Kier molecular flexibility index (Phi) is 6.45. The molecule has 1 aliphatic rings. The minimum absolute atomic E-state index is 0.201. The number of rotatable bonds is 8. The highest BCUT2D eigenvalue weighted by Gasteiger charge is 2.73. The zero-order valence-electron chi connectivity index (χ0n) is 19.8. The van der Waals surface area contributed by atoms with E-state index < -0.39 is 17.6 Å².